The van der Waals surface area contributed by atoms with Gasteiger partial charge in [-0.1, -0.05) is 18.7 Å². The van der Waals surface area contributed by atoms with E-state index in [1.54, 1.807) is 19.1 Å². The van der Waals surface area contributed by atoms with Gasteiger partial charge >= 0.3 is 5.97 Å². The fourth-order valence-corrected chi connectivity index (χ4v) is 1.18. The molecule has 0 radical (unpaired) electrons. The molecule has 3 heteroatoms. The Morgan fingerprint density at radius 2 is 2.38 bits per heavy atom. The number of esters is 1. The molecular formula is C10H9NO2. The molecule has 0 spiro atoms. The van der Waals surface area contributed by atoms with E-state index in [1.807, 2.05) is 6.07 Å². The Kier molecular flexibility index (Phi) is 2.65. The van der Waals surface area contributed by atoms with Gasteiger partial charge in [0.1, 0.15) is 6.07 Å². The predicted octanol–water partition coefficient (Wildman–Crippen LogP) is 1.49. The van der Waals surface area contributed by atoms with E-state index in [9.17, 15) is 4.79 Å². The smallest absolute Gasteiger partial charge is 0.340 e. The van der Waals surface area contributed by atoms with Crippen LogP contribution in [0.25, 0.3) is 0 Å². The van der Waals surface area contributed by atoms with Crippen molar-refractivity contribution in [2.45, 2.75) is 13.0 Å². The monoisotopic (exact) mass is 175 g/mol. The summed E-state index contributed by atoms with van der Waals surface area (Å²) in [6.07, 6.45) is 3.99. The summed E-state index contributed by atoms with van der Waals surface area (Å²) < 4.78 is 4.79. The second-order valence-electron chi connectivity index (χ2n) is 2.47. The van der Waals surface area contributed by atoms with Gasteiger partial charge in [-0.15, -0.1) is 0 Å². The van der Waals surface area contributed by atoms with Crippen LogP contribution >= 0.6 is 0 Å². The summed E-state index contributed by atoms with van der Waals surface area (Å²) in [6, 6.07) is 1.90. The molecule has 1 rings (SSSR count). The third kappa shape index (κ3) is 1.52. The van der Waals surface area contributed by atoms with E-state index in [2.05, 4.69) is 6.58 Å². The highest BCUT2D eigenvalue weighted by molar-refractivity contribution is 5.97. The number of nitriles is 1. The van der Waals surface area contributed by atoms with Gasteiger partial charge in [-0.3, -0.25) is 0 Å². The van der Waals surface area contributed by atoms with Gasteiger partial charge in [0, 0.05) is 5.57 Å². The van der Waals surface area contributed by atoms with E-state index in [-0.39, 0.29) is 0 Å². The number of rotatable bonds is 1. The molecule has 13 heavy (non-hydrogen) atoms. The number of hydrogen-bond donors (Lipinski definition) is 0. The van der Waals surface area contributed by atoms with Crippen LogP contribution in [0.4, 0.5) is 0 Å². The lowest BCUT2D eigenvalue weighted by Crippen LogP contribution is -2.03. The SMILES string of the molecule is C=C/C=C1/C(=O)OC(C#N)/C1=C/C. The van der Waals surface area contributed by atoms with Gasteiger partial charge in [-0.2, -0.15) is 5.26 Å². The van der Waals surface area contributed by atoms with Crippen LogP contribution in [0.1, 0.15) is 6.92 Å². The van der Waals surface area contributed by atoms with Crippen molar-refractivity contribution < 1.29 is 9.53 Å². The molecule has 1 atom stereocenters. The summed E-state index contributed by atoms with van der Waals surface area (Å²) in [6.45, 7) is 5.25. The lowest BCUT2D eigenvalue weighted by Gasteiger charge is -1.97. The summed E-state index contributed by atoms with van der Waals surface area (Å²) in [5, 5.41) is 8.65. The van der Waals surface area contributed by atoms with Crippen LogP contribution in [0.15, 0.2) is 36.0 Å². The van der Waals surface area contributed by atoms with E-state index in [0.29, 0.717) is 11.1 Å². The van der Waals surface area contributed by atoms with Crippen LogP contribution in [0.5, 0.6) is 0 Å². The lowest BCUT2D eigenvalue weighted by atomic mass is 10.0. The minimum atomic E-state index is -0.760. The fourth-order valence-electron chi connectivity index (χ4n) is 1.18. The summed E-state index contributed by atoms with van der Waals surface area (Å²) in [5.74, 6) is -0.459. The largest absolute Gasteiger partial charge is 0.438 e. The Bertz CT molecular complexity index is 344. The maximum absolute atomic E-state index is 11.2. The van der Waals surface area contributed by atoms with Gasteiger partial charge in [0.05, 0.1) is 5.57 Å². The maximum Gasteiger partial charge on any atom is 0.340 e. The highest BCUT2D eigenvalue weighted by Crippen LogP contribution is 2.26. The third-order valence-corrected chi connectivity index (χ3v) is 1.75. The van der Waals surface area contributed by atoms with Gasteiger partial charge in [0.15, 0.2) is 0 Å². The van der Waals surface area contributed by atoms with Crippen molar-refractivity contribution in [3.05, 3.63) is 36.0 Å². The van der Waals surface area contributed by atoms with E-state index in [4.69, 9.17) is 10.00 Å². The topological polar surface area (TPSA) is 50.1 Å². The van der Waals surface area contributed by atoms with Crippen molar-refractivity contribution in [3.8, 4) is 6.07 Å². The number of nitrogens with zero attached hydrogens (tertiary/aromatic N) is 1. The molecule has 1 aliphatic heterocycles. The zero-order valence-corrected chi connectivity index (χ0v) is 7.28. The molecule has 0 aliphatic carbocycles. The zero-order chi connectivity index (χ0) is 9.84. The first-order chi connectivity index (χ1) is 6.24. The molecule has 0 amide bonds. The lowest BCUT2D eigenvalue weighted by molar-refractivity contribution is -0.136. The first-order valence-corrected chi connectivity index (χ1v) is 3.84. The number of cyclic esters (lactones) is 1. The van der Waals surface area contributed by atoms with Crippen LogP contribution in [0.3, 0.4) is 0 Å². The molecule has 3 nitrogen and oxygen atoms in total. The van der Waals surface area contributed by atoms with Crippen LogP contribution in [-0.4, -0.2) is 12.1 Å². The van der Waals surface area contributed by atoms with Crippen LogP contribution < -0.4 is 0 Å². The molecule has 1 unspecified atom stereocenters. The fraction of sp³-hybridized carbons (Fsp3) is 0.200. The Morgan fingerprint density at radius 3 is 2.85 bits per heavy atom. The molecule has 66 valence electrons. The summed E-state index contributed by atoms with van der Waals surface area (Å²) in [5.41, 5.74) is 1.04. The van der Waals surface area contributed by atoms with Crippen molar-refractivity contribution in [2.24, 2.45) is 0 Å². The minimum absolute atomic E-state index is 0.420. The molecule has 0 bridgehead atoms. The Labute approximate surface area is 76.6 Å². The van der Waals surface area contributed by atoms with E-state index in [0.717, 1.165) is 0 Å². The van der Waals surface area contributed by atoms with E-state index in [1.165, 1.54) is 6.08 Å². The molecular weight excluding hydrogens is 166 g/mol. The third-order valence-electron chi connectivity index (χ3n) is 1.75. The second kappa shape index (κ2) is 3.72. The molecule has 1 saturated heterocycles. The molecule has 1 fully saturated rings. The first kappa shape index (κ1) is 9.27. The maximum atomic E-state index is 11.2. The quantitative estimate of drug-likeness (QED) is 0.448. The average molecular weight is 175 g/mol. The van der Waals surface area contributed by atoms with Crippen LogP contribution in [0.2, 0.25) is 0 Å². The van der Waals surface area contributed by atoms with Gasteiger partial charge in [-0.25, -0.2) is 4.79 Å². The Hall–Kier alpha value is -1.82. The minimum Gasteiger partial charge on any atom is -0.438 e. The molecule has 0 N–H and O–H groups in total. The zero-order valence-electron chi connectivity index (χ0n) is 7.28. The molecule has 0 aromatic carbocycles. The van der Waals surface area contributed by atoms with Crippen molar-refractivity contribution in [1.29, 1.82) is 5.26 Å². The predicted molar refractivity (Wildman–Crippen MR) is 47.5 cm³/mol. The number of ether oxygens (including phenoxy) is 1. The average Bonchev–Trinajstić information content (AvgIpc) is 2.44. The number of carbonyl (C=O) groups is 1. The molecule has 1 heterocycles. The first-order valence-electron chi connectivity index (χ1n) is 3.84. The van der Waals surface area contributed by atoms with Gasteiger partial charge < -0.3 is 4.74 Å². The number of carbonyl (C=O) groups excluding carboxylic acids is 1. The van der Waals surface area contributed by atoms with E-state index < -0.39 is 12.1 Å². The highest BCUT2D eigenvalue weighted by atomic mass is 16.5. The molecule has 0 saturated carbocycles. The summed E-state index contributed by atoms with van der Waals surface area (Å²) in [7, 11) is 0. The molecule has 1 aliphatic rings. The standard InChI is InChI=1S/C10H9NO2/c1-3-5-8-7(4-2)9(6-11)13-10(8)12/h3-5,9H,1H2,2H3/b7-4+,8-5+. The van der Waals surface area contributed by atoms with Crippen molar-refractivity contribution in [1.82, 2.24) is 0 Å². The number of allylic oxidation sites excluding steroid dienone is 3. The summed E-state index contributed by atoms with van der Waals surface area (Å²) in [4.78, 5) is 11.2. The number of hydrogen-bond acceptors (Lipinski definition) is 3. The van der Waals surface area contributed by atoms with E-state index >= 15 is 0 Å². The van der Waals surface area contributed by atoms with Crippen LogP contribution in [-0.2, 0) is 9.53 Å². The highest BCUT2D eigenvalue weighted by Gasteiger charge is 2.33. The molecule has 0 aromatic rings. The Balaban J connectivity index is 3.13. The van der Waals surface area contributed by atoms with Crippen LogP contribution in [0, 0.1) is 11.3 Å². The van der Waals surface area contributed by atoms with Crippen molar-refractivity contribution in [2.75, 3.05) is 0 Å². The van der Waals surface area contributed by atoms with Gasteiger partial charge in [0.25, 0.3) is 0 Å². The van der Waals surface area contributed by atoms with Crippen molar-refractivity contribution in [3.63, 3.8) is 0 Å². The normalized spacial score (nSPS) is 27.4. The van der Waals surface area contributed by atoms with Gasteiger partial charge in [-0.05, 0) is 13.0 Å². The van der Waals surface area contributed by atoms with Crippen molar-refractivity contribution >= 4 is 5.97 Å². The molecule has 0 aromatic heterocycles. The summed E-state index contributed by atoms with van der Waals surface area (Å²) >= 11 is 0. The Morgan fingerprint density at radius 1 is 1.69 bits per heavy atom. The second-order valence-corrected chi connectivity index (χ2v) is 2.47. The van der Waals surface area contributed by atoms with Gasteiger partial charge in [0.2, 0.25) is 6.10 Å².